The molecule has 1 heterocycles. The van der Waals surface area contributed by atoms with Gasteiger partial charge in [-0.3, -0.25) is 9.59 Å². The molecule has 1 aliphatic heterocycles. The van der Waals surface area contributed by atoms with E-state index in [4.69, 9.17) is 4.74 Å². The quantitative estimate of drug-likeness (QED) is 0.862. The minimum absolute atomic E-state index is 0.0660. The number of aldehydes is 1. The number of phenols is 1. The zero-order valence-electron chi connectivity index (χ0n) is 12.5. The van der Waals surface area contributed by atoms with Crippen molar-refractivity contribution in [2.45, 2.75) is 18.9 Å². The zero-order chi connectivity index (χ0) is 16.2. The number of hydrogen-bond donors (Lipinski definition) is 1. The van der Waals surface area contributed by atoms with Crippen molar-refractivity contribution in [1.29, 1.82) is 0 Å². The van der Waals surface area contributed by atoms with Crippen LogP contribution in [0, 0.1) is 0 Å². The first-order valence-corrected chi connectivity index (χ1v) is 7.48. The highest BCUT2D eigenvalue weighted by Gasteiger charge is 2.32. The van der Waals surface area contributed by atoms with E-state index in [1.807, 2.05) is 30.3 Å². The Morgan fingerprint density at radius 2 is 1.96 bits per heavy atom. The monoisotopic (exact) mass is 311 g/mol. The third kappa shape index (κ3) is 3.04. The van der Waals surface area contributed by atoms with Crippen LogP contribution in [-0.2, 0) is 4.79 Å². The summed E-state index contributed by atoms with van der Waals surface area (Å²) in [6.07, 6.45) is 1.74. The van der Waals surface area contributed by atoms with Gasteiger partial charge >= 0.3 is 0 Å². The van der Waals surface area contributed by atoms with Crippen LogP contribution >= 0.6 is 0 Å². The molecule has 5 nitrogen and oxygen atoms in total. The second-order valence-electron chi connectivity index (χ2n) is 5.41. The van der Waals surface area contributed by atoms with Crippen molar-refractivity contribution < 1.29 is 19.4 Å². The number of rotatable bonds is 5. The first-order valence-electron chi connectivity index (χ1n) is 7.48. The molecule has 0 aliphatic carbocycles. The molecule has 0 saturated carbocycles. The SMILES string of the molecule is O=Cc1c(O)cccc1OCC1CCC(=O)N1c1ccccc1. The van der Waals surface area contributed by atoms with Crippen molar-refractivity contribution >= 4 is 17.9 Å². The Kier molecular flexibility index (Phi) is 4.28. The van der Waals surface area contributed by atoms with E-state index in [2.05, 4.69) is 0 Å². The Morgan fingerprint density at radius 3 is 2.70 bits per heavy atom. The van der Waals surface area contributed by atoms with Gasteiger partial charge in [-0.2, -0.15) is 0 Å². The number of nitrogens with zero attached hydrogens (tertiary/aromatic N) is 1. The number of aromatic hydroxyl groups is 1. The van der Waals surface area contributed by atoms with Gasteiger partial charge < -0.3 is 14.7 Å². The van der Waals surface area contributed by atoms with E-state index in [9.17, 15) is 14.7 Å². The van der Waals surface area contributed by atoms with Crippen LogP contribution in [-0.4, -0.2) is 29.9 Å². The van der Waals surface area contributed by atoms with Crippen molar-refractivity contribution in [3.63, 3.8) is 0 Å². The predicted molar refractivity (Wildman–Crippen MR) is 85.9 cm³/mol. The number of benzene rings is 2. The number of carbonyl (C=O) groups is 2. The van der Waals surface area contributed by atoms with Crippen molar-refractivity contribution in [3.8, 4) is 11.5 Å². The lowest BCUT2D eigenvalue weighted by Gasteiger charge is -2.25. The van der Waals surface area contributed by atoms with Crippen LogP contribution < -0.4 is 9.64 Å². The third-order valence-corrected chi connectivity index (χ3v) is 3.95. The van der Waals surface area contributed by atoms with Crippen molar-refractivity contribution in [2.24, 2.45) is 0 Å². The summed E-state index contributed by atoms with van der Waals surface area (Å²) >= 11 is 0. The summed E-state index contributed by atoms with van der Waals surface area (Å²) in [4.78, 5) is 25.0. The van der Waals surface area contributed by atoms with E-state index in [0.717, 1.165) is 5.69 Å². The molecule has 0 aromatic heterocycles. The molecule has 1 saturated heterocycles. The van der Waals surface area contributed by atoms with Crippen LogP contribution in [0.5, 0.6) is 11.5 Å². The van der Waals surface area contributed by atoms with Crippen LogP contribution in [0.3, 0.4) is 0 Å². The molecule has 0 spiro atoms. The largest absolute Gasteiger partial charge is 0.507 e. The van der Waals surface area contributed by atoms with E-state index in [1.165, 1.54) is 6.07 Å². The Labute approximate surface area is 134 Å². The molecule has 0 bridgehead atoms. The summed E-state index contributed by atoms with van der Waals surface area (Å²) < 4.78 is 5.71. The minimum atomic E-state index is -0.111. The molecule has 1 fully saturated rings. The maximum absolute atomic E-state index is 12.1. The normalized spacial score (nSPS) is 17.3. The van der Waals surface area contributed by atoms with Gasteiger partial charge in [0.2, 0.25) is 5.91 Å². The molecule has 2 aromatic rings. The van der Waals surface area contributed by atoms with E-state index in [-0.39, 0.29) is 29.9 Å². The van der Waals surface area contributed by atoms with E-state index in [0.29, 0.717) is 24.9 Å². The van der Waals surface area contributed by atoms with Gasteiger partial charge in [-0.1, -0.05) is 24.3 Å². The molecule has 1 unspecified atom stereocenters. The summed E-state index contributed by atoms with van der Waals surface area (Å²) in [6, 6.07) is 14.1. The highest BCUT2D eigenvalue weighted by Crippen LogP contribution is 2.29. The number of carbonyl (C=O) groups excluding carboxylic acids is 2. The maximum Gasteiger partial charge on any atom is 0.227 e. The van der Waals surface area contributed by atoms with Crippen molar-refractivity contribution in [3.05, 3.63) is 54.1 Å². The van der Waals surface area contributed by atoms with E-state index in [1.54, 1.807) is 17.0 Å². The Bertz CT molecular complexity index is 714. The molecule has 1 amide bonds. The summed E-state index contributed by atoms with van der Waals surface area (Å²) in [5.74, 6) is 0.281. The van der Waals surface area contributed by atoms with Gasteiger partial charge in [0.25, 0.3) is 0 Å². The van der Waals surface area contributed by atoms with Crippen LogP contribution in [0.4, 0.5) is 5.69 Å². The second kappa shape index (κ2) is 6.52. The molecule has 118 valence electrons. The summed E-state index contributed by atoms with van der Waals surface area (Å²) in [6.45, 7) is 0.269. The van der Waals surface area contributed by atoms with Crippen LogP contribution in [0.25, 0.3) is 0 Å². The number of phenolic OH excluding ortho intramolecular Hbond substituents is 1. The molecule has 1 N–H and O–H groups in total. The fourth-order valence-electron chi connectivity index (χ4n) is 2.81. The Hall–Kier alpha value is -2.82. The number of anilines is 1. The maximum atomic E-state index is 12.1. The number of amides is 1. The van der Waals surface area contributed by atoms with Crippen LogP contribution in [0.1, 0.15) is 23.2 Å². The van der Waals surface area contributed by atoms with Gasteiger partial charge in [0.05, 0.1) is 11.6 Å². The summed E-state index contributed by atoms with van der Waals surface area (Å²) in [7, 11) is 0. The van der Waals surface area contributed by atoms with Crippen molar-refractivity contribution in [2.75, 3.05) is 11.5 Å². The van der Waals surface area contributed by atoms with Crippen molar-refractivity contribution in [1.82, 2.24) is 0 Å². The summed E-state index contributed by atoms with van der Waals surface area (Å²) in [5.41, 5.74) is 0.971. The van der Waals surface area contributed by atoms with Gasteiger partial charge in [0, 0.05) is 12.1 Å². The molecule has 5 heteroatoms. The minimum Gasteiger partial charge on any atom is -0.507 e. The van der Waals surface area contributed by atoms with Crippen LogP contribution in [0.15, 0.2) is 48.5 Å². The first-order chi connectivity index (χ1) is 11.2. The smallest absolute Gasteiger partial charge is 0.227 e. The lowest BCUT2D eigenvalue weighted by molar-refractivity contribution is -0.117. The molecule has 0 radical (unpaired) electrons. The molecule has 23 heavy (non-hydrogen) atoms. The average molecular weight is 311 g/mol. The molecular formula is C18H17NO4. The lowest BCUT2D eigenvalue weighted by atomic mass is 10.2. The van der Waals surface area contributed by atoms with E-state index < -0.39 is 0 Å². The van der Waals surface area contributed by atoms with Gasteiger partial charge in [-0.15, -0.1) is 0 Å². The molecule has 1 aliphatic rings. The van der Waals surface area contributed by atoms with Gasteiger partial charge in [0.1, 0.15) is 18.1 Å². The zero-order valence-corrected chi connectivity index (χ0v) is 12.5. The van der Waals surface area contributed by atoms with Gasteiger partial charge in [-0.25, -0.2) is 0 Å². The van der Waals surface area contributed by atoms with E-state index >= 15 is 0 Å². The number of hydrogen-bond acceptors (Lipinski definition) is 4. The number of ether oxygens (including phenoxy) is 1. The molecule has 1 atom stereocenters. The highest BCUT2D eigenvalue weighted by atomic mass is 16.5. The van der Waals surface area contributed by atoms with Gasteiger partial charge in [-0.05, 0) is 30.7 Å². The Balaban J connectivity index is 1.76. The fraction of sp³-hybridized carbons (Fsp3) is 0.222. The lowest BCUT2D eigenvalue weighted by Crippen LogP contribution is -2.37. The number of para-hydroxylation sites is 1. The molecular weight excluding hydrogens is 294 g/mol. The molecule has 2 aromatic carbocycles. The third-order valence-electron chi connectivity index (χ3n) is 3.95. The highest BCUT2D eigenvalue weighted by molar-refractivity contribution is 5.96. The average Bonchev–Trinajstić information content (AvgIpc) is 2.94. The standard InChI is InChI=1S/C18H17NO4/c20-11-15-16(21)7-4-8-17(15)23-12-14-9-10-18(22)19(14)13-5-2-1-3-6-13/h1-8,11,14,21H,9-10,12H2. The topological polar surface area (TPSA) is 66.8 Å². The first kappa shape index (κ1) is 15.1. The van der Waals surface area contributed by atoms with Crippen LogP contribution in [0.2, 0.25) is 0 Å². The second-order valence-corrected chi connectivity index (χ2v) is 5.41. The molecule has 3 rings (SSSR count). The Morgan fingerprint density at radius 1 is 1.17 bits per heavy atom. The summed E-state index contributed by atoms with van der Waals surface area (Å²) in [5, 5.41) is 9.68. The fourth-order valence-corrected chi connectivity index (χ4v) is 2.81. The predicted octanol–water partition coefficient (Wildman–Crippen LogP) is 2.78. The van der Waals surface area contributed by atoms with Gasteiger partial charge in [0.15, 0.2) is 6.29 Å².